The van der Waals surface area contributed by atoms with Gasteiger partial charge in [-0.25, -0.2) is 15.0 Å². The third-order valence-corrected chi connectivity index (χ3v) is 3.40. The van der Waals surface area contributed by atoms with Crippen molar-refractivity contribution in [2.24, 2.45) is 0 Å². The molecular weight excluding hydrogens is 435 g/mol. The first-order chi connectivity index (χ1) is 11.2. The topological polar surface area (TPSA) is 38.7 Å². The standard InChI is InChI=1S/C13H7Cl6N3.C2H6/c14-12(15,16)10-20-9(21-11(22-10)13(17,18)19)7-6-8-4-2-1-3-5-8;1-2/h1-7H;1-2H3/b7-6+;. The average molecular weight is 448 g/mol. The molecule has 0 unspecified atom stereocenters. The molecule has 0 saturated heterocycles. The van der Waals surface area contributed by atoms with E-state index in [0.717, 1.165) is 5.56 Å². The summed E-state index contributed by atoms with van der Waals surface area (Å²) < 4.78 is -3.72. The van der Waals surface area contributed by atoms with E-state index in [4.69, 9.17) is 69.6 Å². The van der Waals surface area contributed by atoms with Crippen molar-refractivity contribution < 1.29 is 0 Å². The van der Waals surface area contributed by atoms with Gasteiger partial charge >= 0.3 is 0 Å². The first-order valence-electron chi connectivity index (χ1n) is 6.80. The van der Waals surface area contributed by atoms with Crippen molar-refractivity contribution in [3.63, 3.8) is 0 Å². The van der Waals surface area contributed by atoms with Crippen LogP contribution >= 0.6 is 69.6 Å². The van der Waals surface area contributed by atoms with Gasteiger partial charge < -0.3 is 0 Å². The largest absolute Gasteiger partial charge is 0.250 e. The van der Waals surface area contributed by atoms with Gasteiger partial charge in [-0.3, -0.25) is 0 Å². The third-order valence-electron chi connectivity index (χ3n) is 2.38. The molecular formula is C15H13Cl6N3. The van der Waals surface area contributed by atoms with Crippen molar-refractivity contribution in [3.8, 4) is 0 Å². The zero-order valence-electron chi connectivity index (χ0n) is 12.7. The van der Waals surface area contributed by atoms with Crippen LogP contribution in [0.5, 0.6) is 0 Å². The Labute approximate surface area is 170 Å². The lowest BCUT2D eigenvalue weighted by Gasteiger charge is -2.14. The Kier molecular flexibility index (Phi) is 8.54. The van der Waals surface area contributed by atoms with Crippen LogP contribution in [0.4, 0.5) is 0 Å². The molecule has 0 bridgehead atoms. The molecule has 24 heavy (non-hydrogen) atoms. The van der Waals surface area contributed by atoms with E-state index >= 15 is 0 Å². The fourth-order valence-corrected chi connectivity index (χ4v) is 1.96. The first kappa shape index (κ1) is 21.8. The molecule has 0 radical (unpaired) electrons. The van der Waals surface area contributed by atoms with E-state index in [1.54, 1.807) is 12.2 Å². The number of alkyl halides is 6. The zero-order valence-corrected chi connectivity index (χ0v) is 17.2. The fraction of sp³-hybridized carbons (Fsp3) is 0.267. The maximum absolute atomic E-state index is 5.79. The van der Waals surface area contributed by atoms with Crippen molar-refractivity contribution in [2.75, 3.05) is 0 Å². The summed E-state index contributed by atoms with van der Waals surface area (Å²) in [5, 5.41) is 0. The van der Waals surface area contributed by atoms with E-state index < -0.39 is 7.59 Å². The van der Waals surface area contributed by atoms with Crippen LogP contribution in [0.25, 0.3) is 12.2 Å². The van der Waals surface area contributed by atoms with E-state index in [9.17, 15) is 0 Å². The number of hydrogen-bond acceptors (Lipinski definition) is 3. The normalized spacial score (nSPS) is 12.0. The molecule has 9 heteroatoms. The van der Waals surface area contributed by atoms with Crippen molar-refractivity contribution >= 4 is 81.8 Å². The van der Waals surface area contributed by atoms with Gasteiger partial charge in [-0.05, 0) is 11.6 Å². The molecule has 1 aromatic carbocycles. The van der Waals surface area contributed by atoms with Gasteiger partial charge in [-0.2, -0.15) is 0 Å². The van der Waals surface area contributed by atoms with Gasteiger partial charge in [-0.15, -0.1) is 0 Å². The second kappa shape index (κ2) is 9.42. The van der Waals surface area contributed by atoms with Gasteiger partial charge in [0, 0.05) is 0 Å². The van der Waals surface area contributed by atoms with Gasteiger partial charge in [-0.1, -0.05) is 120 Å². The summed E-state index contributed by atoms with van der Waals surface area (Å²) in [7, 11) is 0. The summed E-state index contributed by atoms with van der Waals surface area (Å²) >= 11 is 34.8. The summed E-state index contributed by atoms with van der Waals surface area (Å²) in [4.78, 5) is 12.0. The minimum absolute atomic E-state index is 0.124. The minimum atomic E-state index is -1.86. The number of rotatable bonds is 2. The van der Waals surface area contributed by atoms with Crippen molar-refractivity contribution in [3.05, 3.63) is 53.4 Å². The van der Waals surface area contributed by atoms with E-state index in [1.807, 2.05) is 44.2 Å². The quantitative estimate of drug-likeness (QED) is 0.479. The van der Waals surface area contributed by atoms with Crippen LogP contribution in [-0.4, -0.2) is 15.0 Å². The molecule has 0 N–H and O–H groups in total. The molecule has 0 saturated carbocycles. The minimum Gasteiger partial charge on any atom is -0.209 e. The van der Waals surface area contributed by atoms with E-state index in [-0.39, 0.29) is 17.5 Å². The maximum Gasteiger partial charge on any atom is 0.250 e. The smallest absolute Gasteiger partial charge is 0.209 e. The van der Waals surface area contributed by atoms with Crippen LogP contribution in [0.2, 0.25) is 0 Å². The van der Waals surface area contributed by atoms with Crippen LogP contribution in [0.15, 0.2) is 30.3 Å². The van der Waals surface area contributed by atoms with Crippen molar-refractivity contribution in [2.45, 2.75) is 21.4 Å². The highest BCUT2D eigenvalue weighted by Crippen LogP contribution is 2.39. The summed E-state index contributed by atoms with van der Waals surface area (Å²) in [5.41, 5.74) is 0.939. The summed E-state index contributed by atoms with van der Waals surface area (Å²) in [6.07, 6.45) is 3.39. The predicted molar refractivity (Wildman–Crippen MR) is 105 cm³/mol. The molecule has 0 fully saturated rings. The Morgan fingerprint density at radius 2 is 1.17 bits per heavy atom. The summed E-state index contributed by atoms with van der Waals surface area (Å²) in [5.74, 6) is -0.0374. The molecule has 130 valence electrons. The zero-order chi connectivity index (χ0) is 18.4. The molecule has 0 aliphatic heterocycles. The average Bonchev–Trinajstić information content (AvgIpc) is 2.54. The lowest BCUT2D eigenvalue weighted by Crippen LogP contribution is -2.16. The number of nitrogens with zero attached hydrogens (tertiary/aromatic N) is 3. The van der Waals surface area contributed by atoms with Gasteiger partial charge in [0.25, 0.3) is 0 Å². The number of benzene rings is 1. The number of aromatic nitrogens is 3. The molecule has 0 spiro atoms. The van der Waals surface area contributed by atoms with E-state index in [2.05, 4.69) is 15.0 Å². The van der Waals surface area contributed by atoms with Crippen molar-refractivity contribution in [1.82, 2.24) is 15.0 Å². The van der Waals surface area contributed by atoms with Gasteiger partial charge in [0.15, 0.2) is 17.5 Å². The molecule has 0 aliphatic carbocycles. The molecule has 2 rings (SSSR count). The first-order valence-corrected chi connectivity index (χ1v) is 9.06. The highest BCUT2D eigenvalue weighted by atomic mass is 35.6. The molecule has 0 aliphatic rings. The Morgan fingerprint density at radius 1 is 0.708 bits per heavy atom. The summed E-state index contributed by atoms with van der Waals surface area (Å²) in [6.45, 7) is 4.00. The Hall–Kier alpha value is -0.290. The lowest BCUT2D eigenvalue weighted by molar-refractivity contribution is 0.835. The highest BCUT2D eigenvalue weighted by Gasteiger charge is 2.33. The Balaban J connectivity index is 0.00000139. The molecule has 0 amide bonds. The van der Waals surface area contributed by atoms with Gasteiger partial charge in [0.05, 0.1) is 0 Å². The van der Waals surface area contributed by atoms with Crippen molar-refractivity contribution in [1.29, 1.82) is 0 Å². The third kappa shape index (κ3) is 6.91. The maximum atomic E-state index is 5.79. The molecule has 3 nitrogen and oxygen atoms in total. The Morgan fingerprint density at radius 3 is 1.58 bits per heavy atom. The van der Waals surface area contributed by atoms with Crippen LogP contribution in [0.3, 0.4) is 0 Å². The van der Waals surface area contributed by atoms with Crippen LogP contribution < -0.4 is 0 Å². The lowest BCUT2D eigenvalue weighted by atomic mass is 10.2. The van der Waals surface area contributed by atoms with Gasteiger partial charge in [0.1, 0.15) is 0 Å². The second-order valence-electron chi connectivity index (χ2n) is 4.08. The molecule has 1 heterocycles. The van der Waals surface area contributed by atoms with Gasteiger partial charge in [0.2, 0.25) is 7.59 Å². The monoisotopic (exact) mass is 445 g/mol. The fourth-order valence-electron chi connectivity index (χ4n) is 1.46. The highest BCUT2D eigenvalue weighted by molar-refractivity contribution is 6.67. The number of hydrogen-bond donors (Lipinski definition) is 0. The van der Waals surface area contributed by atoms with Crippen LogP contribution in [-0.2, 0) is 7.59 Å². The second-order valence-corrected chi connectivity index (χ2v) is 8.64. The predicted octanol–water partition coefficient (Wildman–Crippen LogP) is 6.72. The molecule has 1 aromatic heterocycles. The number of halogens is 6. The van der Waals surface area contributed by atoms with E-state index in [1.165, 1.54) is 0 Å². The Bertz CT molecular complexity index is 646. The van der Waals surface area contributed by atoms with Crippen LogP contribution in [0.1, 0.15) is 36.9 Å². The van der Waals surface area contributed by atoms with Crippen LogP contribution in [0, 0.1) is 0 Å². The summed E-state index contributed by atoms with van der Waals surface area (Å²) in [6, 6.07) is 9.51. The molecule has 2 aromatic rings. The SMILES string of the molecule is CC.ClC(Cl)(Cl)c1nc(/C=C/c2ccccc2)nc(C(Cl)(Cl)Cl)n1. The van der Waals surface area contributed by atoms with E-state index in [0.29, 0.717) is 0 Å². The molecule has 0 atom stereocenters.